The van der Waals surface area contributed by atoms with Crippen molar-refractivity contribution in [2.45, 2.75) is 37.6 Å². The van der Waals surface area contributed by atoms with E-state index in [1.54, 1.807) is 23.7 Å². The summed E-state index contributed by atoms with van der Waals surface area (Å²) in [5.41, 5.74) is 0. The first-order valence-corrected chi connectivity index (χ1v) is 8.55. The van der Waals surface area contributed by atoms with Gasteiger partial charge in [-0.25, -0.2) is 4.98 Å². The number of hydrogen-bond acceptors (Lipinski definition) is 6. The van der Waals surface area contributed by atoms with Crippen molar-refractivity contribution in [3.63, 3.8) is 0 Å². The zero-order valence-corrected chi connectivity index (χ0v) is 13.1. The molecule has 2 aliphatic heterocycles. The molecule has 0 N–H and O–H groups in total. The summed E-state index contributed by atoms with van der Waals surface area (Å²) >= 11 is 1.73. The number of aromatic nitrogens is 2. The van der Waals surface area contributed by atoms with Crippen molar-refractivity contribution in [1.29, 1.82) is 0 Å². The second-order valence-corrected chi connectivity index (χ2v) is 6.82. The zero-order valence-electron chi connectivity index (χ0n) is 12.3. The normalized spacial score (nSPS) is 28.5. The van der Waals surface area contributed by atoms with Crippen molar-refractivity contribution in [2.24, 2.45) is 0 Å². The Labute approximate surface area is 133 Å². The van der Waals surface area contributed by atoms with Gasteiger partial charge in [-0.15, -0.1) is 11.3 Å². The van der Waals surface area contributed by atoms with E-state index in [0.29, 0.717) is 12.1 Å². The molecule has 0 amide bonds. The molecule has 0 spiro atoms. The van der Waals surface area contributed by atoms with E-state index in [1.165, 1.54) is 5.01 Å². The van der Waals surface area contributed by atoms with Crippen LogP contribution in [0.1, 0.15) is 17.8 Å². The van der Waals surface area contributed by atoms with Crippen LogP contribution in [0.4, 0.5) is 0 Å². The van der Waals surface area contributed by atoms with Gasteiger partial charge in [-0.1, -0.05) is 0 Å². The Morgan fingerprint density at radius 3 is 2.82 bits per heavy atom. The fraction of sp³-hybridized carbons (Fsp3) is 0.500. The summed E-state index contributed by atoms with van der Waals surface area (Å²) in [6, 6.07) is 4.72. The van der Waals surface area contributed by atoms with Crippen LogP contribution in [0.3, 0.4) is 0 Å². The van der Waals surface area contributed by atoms with E-state index >= 15 is 0 Å². The maximum Gasteiger partial charge on any atom is 0.137 e. The van der Waals surface area contributed by atoms with Gasteiger partial charge in [0, 0.05) is 42.7 Å². The third-order valence-corrected chi connectivity index (χ3v) is 5.13. The summed E-state index contributed by atoms with van der Waals surface area (Å²) in [7, 11) is 0. The molecule has 4 heterocycles. The minimum absolute atomic E-state index is 0.246. The predicted molar refractivity (Wildman–Crippen MR) is 83.9 cm³/mol. The Morgan fingerprint density at radius 2 is 2.14 bits per heavy atom. The summed E-state index contributed by atoms with van der Waals surface area (Å²) in [6.07, 6.45) is 7.67. The minimum atomic E-state index is 0.246. The number of nitrogens with zero attached hydrogens (tertiary/aromatic N) is 3. The first-order chi connectivity index (χ1) is 10.9. The molecular formula is C16H19N3O2S. The van der Waals surface area contributed by atoms with E-state index in [4.69, 9.17) is 9.47 Å². The number of rotatable bonds is 4. The average molecular weight is 317 g/mol. The second-order valence-electron chi connectivity index (χ2n) is 5.84. The highest BCUT2D eigenvalue weighted by Crippen LogP contribution is 2.31. The van der Waals surface area contributed by atoms with E-state index in [0.717, 1.165) is 38.3 Å². The van der Waals surface area contributed by atoms with Crippen LogP contribution in [0.2, 0.25) is 0 Å². The number of piperidine rings is 1. The lowest BCUT2D eigenvalue weighted by Gasteiger charge is -2.47. The Hall–Kier alpha value is -1.50. The molecule has 116 valence electrons. The van der Waals surface area contributed by atoms with Gasteiger partial charge in [0.2, 0.25) is 0 Å². The quantitative estimate of drug-likeness (QED) is 0.866. The van der Waals surface area contributed by atoms with E-state index in [-0.39, 0.29) is 6.10 Å². The van der Waals surface area contributed by atoms with E-state index in [2.05, 4.69) is 14.9 Å². The zero-order chi connectivity index (χ0) is 14.8. The standard InChI is InChI=1S/C16H19N3O2S/c1-2-14(8-17-3-1)21-15-6-12-10-20-11-13(7-15)19(12)9-16-18-4-5-22-16/h1-5,8,12-13,15H,6-7,9-11H2. The number of ether oxygens (including phenoxy) is 2. The van der Waals surface area contributed by atoms with Crippen LogP contribution in [0.15, 0.2) is 36.1 Å². The Morgan fingerprint density at radius 1 is 1.27 bits per heavy atom. The maximum absolute atomic E-state index is 6.12. The molecule has 6 heteroatoms. The number of pyridine rings is 1. The molecule has 2 aromatic heterocycles. The summed E-state index contributed by atoms with van der Waals surface area (Å²) in [6.45, 7) is 2.50. The van der Waals surface area contributed by atoms with Gasteiger partial charge in [0.1, 0.15) is 16.9 Å². The second kappa shape index (κ2) is 6.32. The summed E-state index contributed by atoms with van der Waals surface area (Å²) in [5.74, 6) is 0.861. The summed E-state index contributed by atoms with van der Waals surface area (Å²) in [4.78, 5) is 11.1. The van der Waals surface area contributed by atoms with Gasteiger partial charge in [0.05, 0.1) is 26.0 Å². The van der Waals surface area contributed by atoms with Crippen LogP contribution in [-0.4, -0.2) is 46.3 Å². The molecule has 2 bridgehead atoms. The van der Waals surface area contributed by atoms with Crippen molar-refractivity contribution in [3.8, 4) is 5.75 Å². The molecular weight excluding hydrogens is 298 g/mol. The lowest BCUT2D eigenvalue weighted by Crippen LogP contribution is -2.58. The van der Waals surface area contributed by atoms with E-state index in [1.807, 2.05) is 23.7 Å². The molecule has 0 aliphatic carbocycles. The van der Waals surface area contributed by atoms with Gasteiger partial charge < -0.3 is 9.47 Å². The number of hydrogen-bond donors (Lipinski definition) is 0. The van der Waals surface area contributed by atoms with Crippen molar-refractivity contribution in [2.75, 3.05) is 13.2 Å². The van der Waals surface area contributed by atoms with Crippen molar-refractivity contribution in [3.05, 3.63) is 41.1 Å². The molecule has 0 saturated carbocycles. The van der Waals surface area contributed by atoms with E-state index in [9.17, 15) is 0 Å². The van der Waals surface area contributed by atoms with Crippen molar-refractivity contribution >= 4 is 11.3 Å². The number of fused-ring (bicyclic) bond motifs is 2. The van der Waals surface area contributed by atoms with Crippen LogP contribution < -0.4 is 4.74 Å². The van der Waals surface area contributed by atoms with Gasteiger partial charge in [0.25, 0.3) is 0 Å². The first-order valence-electron chi connectivity index (χ1n) is 7.67. The Balaban J connectivity index is 1.44. The molecule has 2 unspecified atom stereocenters. The molecule has 2 atom stereocenters. The molecule has 5 nitrogen and oxygen atoms in total. The van der Waals surface area contributed by atoms with Crippen LogP contribution >= 0.6 is 11.3 Å². The van der Waals surface area contributed by atoms with Crippen LogP contribution in [-0.2, 0) is 11.3 Å². The smallest absolute Gasteiger partial charge is 0.137 e. The fourth-order valence-electron chi connectivity index (χ4n) is 3.39. The predicted octanol–water partition coefficient (Wildman–Crippen LogP) is 2.35. The highest BCUT2D eigenvalue weighted by molar-refractivity contribution is 7.09. The highest BCUT2D eigenvalue weighted by Gasteiger charge is 2.40. The molecule has 2 aliphatic rings. The van der Waals surface area contributed by atoms with Gasteiger partial charge in [-0.2, -0.15) is 0 Å². The van der Waals surface area contributed by atoms with Gasteiger partial charge in [-0.3, -0.25) is 9.88 Å². The maximum atomic E-state index is 6.12. The van der Waals surface area contributed by atoms with Crippen molar-refractivity contribution in [1.82, 2.24) is 14.9 Å². The topological polar surface area (TPSA) is 47.5 Å². The number of thiazole rings is 1. The van der Waals surface area contributed by atoms with Crippen molar-refractivity contribution < 1.29 is 9.47 Å². The largest absolute Gasteiger partial charge is 0.489 e. The molecule has 2 fully saturated rings. The first kappa shape index (κ1) is 14.1. The summed E-state index contributed by atoms with van der Waals surface area (Å²) < 4.78 is 11.9. The molecule has 22 heavy (non-hydrogen) atoms. The Bertz CT molecular complexity index is 579. The average Bonchev–Trinajstić information content (AvgIpc) is 3.02. The highest BCUT2D eigenvalue weighted by atomic mass is 32.1. The van der Waals surface area contributed by atoms with Crippen LogP contribution in [0.25, 0.3) is 0 Å². The molecule has 2 saturated heterocycles. The molecule has 0 radical (unpaired) electrons. The SMILES string of the molecule is c1cncc(OC2CC3COCC(C2)N3Cc2nccs2)c1. The summed E-state index contributed by atoms with van der Waals surface area (Å²) in [5, 5.41) is 3.23. The fourth-order valence-corrected chi connectivity index (χ4v) is 4.01. The monoisotopic (exact) mass is 317 g/mol. The third-order valence-electron chi connectivity index (χ3n) is 4.37. The lowest BCUT2D eigenvalue weighted by atomic mass is 9.92. The third kappa shape index (κ3) is 2.99. The molecule has 0 aromatic carbocycles. The van der Waals surface area contributed by atoms with E-state index < -0.39 is 0 Å². The van der Waals surface area contributed by atoms with Crippen LogP contribution in [0.5, 0.6) is 5.75 Å². The van der Waals surface area contributed by atoms with Gasteiger partial charge in [-0.05, 0) is 12.1 Å². The lowest BCUT2D eigenvalue weighted by molar-refractivity contribution is -0.104. The Kier molecular flexibility index (Phi) is 4.05. The van der Waals surface area contributed by atoms with Gasteiger partial charge in [0.15, 0.2) is 0 Å². The van der Waals surface area contributed by atoms with Crippen LogP contribution in [0, 0.1) is 0 Å². The molecule has 2 aromatic rings. The number of morpholine rings is 1. The van der Waals surface area contributed by atoms with Gasteiger partial charge >= 0.3 is 0 Å². The molecule has 4 rings (SSSR count). The minimum Gasteiger partial charge on any atom is -0.489 e.